The van der Waals surface area contributed by atoms with E-state index < -0.39 is 12.0 Å². The standard InChI is InChI=1S/C17H19N3O3/c1-4-9(2)13(17(21)22)20-16-15-14(18-10(3)19-16)11-7-5-6-8-12(11)23-15/h5-9,13H,4H2,1-3H3,(H,21,22)(H,18,19,20). The lowest BCUT2D eigenvalue weighted by atomic mass is 9.99. The van der Waals surface area contributed by atoms with E-state index in [2.05, 4.69) is 15.3 Å². The summed E-state index contributed by atoms with van der Waals surface area (Å²) in [5, 5.41) is 13.4. The maximum absolute atomic E-state index is 11.6. The Labute approximate surface area is 133 Å². The summed E-state index contributed by atoms with van der Waals surface area (Å²) in [4.78, 5) is 20.4. The van der Waals surface area contributed by atoms with E-state index in [1.165, 1.54) is 0 Å². The number of furan rings is 1. The second-order valence-electron chi connectivity index (χ2n) is 5.74. The van der Waals surface area contributed by atoms with E-state index in [4.69, 9.17) is 4.42 Å². The van der Waals surface area contributed by atoms with Gasteiger partial charge in [-0.25, -0.2) is 14.8 Å². The molecule has 6 nitrogen and oxygen atoms in total. The van der Waals surface area contributed by atoms with Gasteiger partial charge in [0.1, 0.15) is 23.0 Å². The van der Waals surface area contributed by atoms with E-state index in [1.54, 1.807) is 6.92 Å². The molecule has 0 aliphatic heterocycles. The zero-order chi connectivity index (χ0) is 16.6. The van der Waals surface area contributed by atoms with Gasteiger partial charge in [-0.1, -0.05) is 32.4 Å². The van der Waals surface area contributed by atoms with Crippen LogP contribution in [0, 0.1) is 12.8 Å². The zero-order valence-electron chi connectivity index (χ0n) is 13.3. The molecular weight excluding hydrogens is 294 g/mol. The first-order chi connectivity index (χ1) is 11.0. The van der Waals surface area contributed by atoms with Gasteiger partial charge in [-0.15, -0.1) is 0 Å². The van der Waals surface area contributed by atoms with Crippen LogP contribution in [0.4, 0.5) is 5.82 Å². The summed E-state index contributed by atoms with van der Waals surface area (Å²) in [6.45, 7) is 5.64. The molecule has 0 spiro atoms. The minimum Gasteiger partial charge on any atom is -0.480 e. The summed E-state index contributed by atoms with van der Waals surface area (Å²) < 4.78 is 5.85. The molecule has 2 aromatic heterocycles. The molecule has 0 aliphatic rings. The molecule has 0 saturated carbocycles. The van der Waals surface area contributed by atoms with Gasteiger partial charge in [0, 0.05) is 5.39 Å². The highest BCUT2D eigenvalue weighted by Gasteiger charge is 2.26. The lowest BCUT2D eigenvalue weighted by molar-refractivity contribution is -0.139. The van der Waals surface area contributed by atoms with Crippen molar-refractivity contribution in [2.24, 2.45) is 5.92 Å². The van der Waals surface area contributed by atoms with Crippen molar-refractivity contribution in [3.8, 4) is 0 Å². The summed E-state index contributed by atoms with van der Waals surface area (Å²) in [6.07, 6.45) is 0.747. The van der Waals surface area contributed by atoms with Crippen LogP contribution in [0.25, 0.3) is 22.1 Å². The fourth-order valence-corrected chi connectivity index (χ4v) is 2.63. The number of nitrogens with one attached hydrogen (secondary N) is 1. The number of aliphatic carboxylic acids is 1. The van der Waals surface area contributed by atoms with Crippen LogP contribution in [0.15, 0.2) is 28.7 Å². The number of carbonyl (C=O) groups is 1. The Kier molecular flexibility index (Phi) is 3.90. The van der Waals surface area contributed by atoms with Gasteiger partial charge in [0.15, 0.2) is 11.4 Å². The molecule has 2 atom stereocenters. The molecule has 0 amide bonds. The van der Waals surface area contributed by atoms with Gasteiger partial charge >= 0.3 is 5.97 Å². The van der Waals surface area contributed by atoms with Crippen LogP contribution in [0.1, 0.15) is 26.1 Å². The van der Waals surface area contributed by atoms with E-state index in [-0.39, 0.29) is 5.92 Å². The Balaban J connectivity index is 2.15. The maximum atomic E-state index is 11.6. The number of fused-ring (bicyclic) bond motifs is 3. The van der Waals surface area contributed by atoms with Crippen LogP contribution >= 0.6 is 0 Å². The van der Waals surface area contributed by atoms with Crippen LogP contribution in [-0.2, 0) is 4.79 Å². The zero-order valence-corrected chi connectivity index (χ0v) is 13.3. The smallest absolute Gasteiger partial charge is 0.326 e. The Morgan fingerprint density at radius 1 is 1.35 bits per heavy atom. The number of para-hydroxylation sites is 1. The minimum absolute atomic E-state index is 0.0396. The first-order valence-electron chi connectivity index (χ1n) is 7.66. The van der Waals surface area contributed by atoms with E-state index in [0.717, 1.165) is 11.8 Å². The minimum atomic E-state index is -0.903. The fourth-order valence-electron chi connectivity index (χ4n) is 2.63. The number of carboxylic acids is 1. The third kappa shape index (κ3) is 2.72. The van der Waals surface area contributed by atoms with Gasteiger partial charge in [0.05, 0.1) is 0 Å². The first-order valence-corrected chi connectivity index (χ1v) is 7.66. The third-order valence-electron chi connectivity index (χ3n) is 4.10. The Morgan fingerprint density at radius 2 is 2.09 bits per heavy atom. The van der Waals surface area contributed by atoms with E-state index in [9.17, 15) is 9.90 Å². The van der Waals surface area contributed by atoms with Crippen molar-refractivity contribution in [3.63, 3.8) is 0 Å². The van der Waals surface area contributed by atoms with Crippen molar-refractivity contribution >= 4 is 33.9 Å². The lowest BCUT2D eigenvalue weighted by Crippen LogP contribution is -2.35. The van der Waals surface area contributed by atoms with Gasteiger partial charge in [-0.3, -0.25) is 0 Å². The normalized spacial score (nSPS) is 14.0. The van der Waals surface area contributed by atoms with Gasteiger partial charge in [0.2, 0.25) is 0 Å². The lowest BCUT2D eigenvalue weighted by Gasteiger charge is -2.20. The summed E-state index contributed by atoms with van der Waals surface area (Å²) in [6, 6.07) is 6.86. The predicted molar refractivity (Wildman–Crippen MR) is 88.5 cm³/mol. The van der Waals surface area contributed by atoms with Crippen LogP contribution < -0.4 is 5.32 Å². The first kappa shape index (κ1) is 15.3. The number of aryl methyl sites for hydroxylation is 1. The van der Waals surface area contributed by atoms with Crippen molar-refractivity contribution in [1.82, 2.24) is 9.97 Å². The molecule has 0 radical (unpaired) electrons. The Morgan fingerprint density at radius 3 is 2.78 bits per heavy atom. The Hall–Kier alpha value is -2.63. The molecule has 2 heterocycles. The molecule has 2 unspecified atom stereocenters. The second-order valence-corrected chi connectivity index (χ2v) is 5.74. The molecule has 3 rings (SSSR count). The molecule has 6 heteroatoms. The van der Waals surface area contributed by atoms with Gasteiger partial charge in [-0.2, -0.15) is 0 Å². The molecule has 0 aliphatic carbocycles. The number of hydrogen-bond donors (Lipinski definition) is 2. The quantitative estimate of drug-likeness (QED) is 0.748. The molecule has 0 saturated heterocycles. The highest BCUT2D eigenvalue weighted by molar-refractivity contribution is 6.05. The van der Waals surface area contributed by atoms with Gasteiger partial charge in [-0.05, 0) is 25.0 Å². The van der Waals surface area contributed by atoms with Crippen molar-refractivity contribution in [3.05, 3.63) is 30.1 Å². The van der Waals surface area contributed by atoms with E-state index in [0.29, 0.717) is 28.3 Å². The molecule has 2 N–H and O–H groups in total. The molecule has 0 bridgehead atoms. The number of hydrogen-bond acceptors (Lipinski definition) is 5. The van der Waals surface area contributed by atoms with E-state index in [1.807, 2.05) is 38.1 Å². The summed E-state index contributed by atoms with van der Waals surface area (Å²) in [5.41, 5.74) is 1.90. The fraction of sp³-hybridized carbons (Fsp3) is 0.353. The third-order valence-corrected chi connectivity index (χ3v) is 4.10. The predicted octanol–water partition coefficient (Wildman–Crippen LogP) is 3.60. The number of nitrogens with zero attached hydrogens (tertiary/aromatic N) is 2. The van der Waals surface area contributed by atoms with Crippen LogP contribution in [-0.4, -0.2) is 27.1 Å². The summed E-state index contributed by atoms with van der Waals surface area (Å²) in [7, 11) is 0. The van der Waals surface area contributed by atoms with E-state index >= 15 is 0 Å². The monoisotopic (exact) mass is 313 g/mol. The largest absolute Gasteiger partial charge is 0.480 e. The van der Waals surface area contributed by atoms with Crippen molar-refractivity contribution < 1.29 is 14.3 Å². The van der Waals surface area contributed by atoms with Gasteiger partial charge in [0.25, 0.3) is 0 Å². The average molecular weight is 313 g/mol. The molecule has 120 valence electrons. The van der Waals surface area contributed by atoms with Crippen molar-refractivity contribution in [2.45, 2.75) is 33.2 Å². The maximum Gasteiger partial charge on any atom is 0.326 e. The second kappa shape index (κ2) is 5.87. The number of benzene rings is 1. The number of aromatic nitrogens is 2. The molecule has 1 aromatic carbocycles. The number of rotatable bonds is 5. The Bertz CT molecular complexity index is 872. The summed E-state index contributed by atoms with van der Waals surface area (Å²) in [5.74, 6) is 0.0540. The van der Waals surface area contributed by atoms with Crippen molar-refractivity contribution in [1.29, 1.82) is 0 Å². The highest BCUT2D eigenvalue weighted by atomic mass is 16.4. The molecular formula is C17H19N3O3. The van der Waals surface area contributed by atoms with Crippen LogP contribution in [0.3, 0.4) is 0 Å². The molecule has 23 heavy (non-hydrogen) atoms. The number of carboxylic acid groups (broad SMARTS) is 1. The van der Waals surface area contributed by atoms with Crippen LogP contribution in [0.5, 0.6) is 0 Å². The average Bonchev–Trinajstić information content (AvgIpc) is 2.90. The van der Waals surface area contributed by atoms with Crippen LogP contribution in [0.2, 0.25) is 0 Å². The SMILES string of the molecule is CCC(C)C(Nc1nc(C)nc2c1oc1ccccc12)C(=O)O. The summed E-state index contributed by atoms with van der Waals surface area (Å²) >= 11 is 0. The highest BCUT2D eigenvalue weighted by Crippen LogP contribution is 2.31. The van der Waals surface area contributed by atoms with Crippen molar-refractivity contribution in [2.75, 3.05) is 5.32 Å². The van der Waals surface area contributed by atoms with Gasteiger partial charge < -0.3 is 14.8 Å². The molecule has 3 aromatic rings. The molecule has 0 fully saturated rings. The number of anilines is 1. The topological polar surface area (TPSA) is 88.3 Å².